The van der Waals surface area contributed by atoms with Crippen molar-refractivity contribution in [3.63, 3.8) is 0 Å². The van der Waals surface area contributed by atoms with Crippen LogP contribution < -0.4 is 11.1 Å². The summed E-state index contributed by atoms with van der Waals surface area (Å²) in [6, 6.07) is 6.30. The molecule has 34 heavy (non-hydrogen) atoms. The zero-order chi connectivity index (χ0) is 24.6. The van der Waals surface area contributed by atoms with Crippen molar-refractivity contribution >= 4 is 11.6 Å². The standard InChI is InChI=1S/C21H12F5N5O3/c1-31-20(33)34-19(30-31)10-7-12(17(28-8-10)21(24,25)26)15-6-5-11(9-27-15)29-18(32)16-13(22)3-2-4-14(16)23/h2-9H,1H3,(H,29,32). The Morgan fingerprint density at radius 3 is 2.32 bits per heavy atom. The minimum Gasteiger partial charge on any atom is -0.388 e. The first kappa shape index (κ1) is 22.8. The van der Waals surface area contributed by atoms with Gasteiger partial charge in [-0.25, -0.2) is 13.6 Å². The van der Waals surface area contributed by atoms with Crippen LogP contribution in [-0.4, -0.2) is 25.7 Å². The van der Waals surface area contributed by atoms with Crippen LogP contribution in [0.4, 0.5) is 27.6 Å². The molecular formula is C21H12F5N5O3. The molecule has 1 N–H and O–H groups in total. The van der Waals surface area contributed by atoms with E-state index >= 15 is 0 Å². The first-order chi connectivity index (χ1) is 16.0. The van der Waals surface area contributed by atoms with Gasteiger partial charge in [-0.05, 0) is 30.3 Å². The van der Waals surface area contributed by atoms with Gasteiger partial charge in [-0.3, -0.25) is 14.8 Å². The van der Waals surface area contributed by atoms with Gasteiger partial charge >= 0.3 is 11.9 Å². The van der Waals surface area contributed by atoms with Crippen LogP contribution in [0, 0.1) is 11.6 Å². The fourth-order valence-electron chi connectivity index (χ4n) is 3.00. The molecule has 0 aliphatic carbocycles. The number of hydrogen-bond acceptors (Lipinski definition) is 6. The molecule has 174 valence electrons. The van der Waals surface area contributed by atoms with Gasteiger partial charge in [-0.2, -0.15) is 17.9 Å². The Hall–Kier alpha value is -4.42. The predicted molar refractivity (Wildman–Crippen MR) is 108 cm³/mol. The molecule has 3 aromatic heterocycles. The lowest BCUT2D eigenvalue weighted by Gasteiger charge is -2.13. The van der Waals surface area contributed by atoms with Gasteiger partial charge in [0.25, 0.3) is 11.8 Å². The van der Waals surface area contributed by atoms with Crippen molar-refractivity contribution in [1.29, 1.82) is 0 Å². The van der Waals surface area contributed by atoms with Gasteiger partial charge < -0.3 is 9.73 Å². The van der Waals surface area contributed by atoms with Gasteiger partial charge in [-0.1, -0.05) is 6.07 Å². The molecule has 0 radical (unpaired) electrons. The molecule has 8 nitrogen and oxygen atoms in total. The van der Waals surface area contributed by atoms with E-state index in [1.54, 1.807) is 0 Å². The minimum absolute atomic E-state index is 0.00472. The Balaban J connectivity index is 1.69. The van der Waals surface area contributed by atoms with E-state index in [0.29, 0.717) is 0 Å². The zero-order valence-electron chi connectivity index (χ0n) is 17.0. The molecule has 0 aliphatic heterocycles. The van der Waals surface area contributed by atoms with Crippen molar-refractivity contribution in [2.45, 2.75) is 6.18 Å². The molecule has 0 spiro atoms. The molecule has 0 saturated carbocycles. The average molecular weight is 477 g/mol. The topological polar surface area (TPSA) is 103 Å². The number of nitrogens with zero attached hydrogens (tertiary/aromatic N) is 4. The molecule has 3 heterocycles. The third-order valence-corrected chi connectivity index (χ3v) is 4.58. The zero-order valence-corrected chi connectivity index (χ0v) is 17.0. The highest BCUT2D eigenvalue weighted by atomic mass is 19.4. The van der Waals surface area contributed by atoms with E-state index in [1.165, 1.54) is 13.1 Å². The van der Waals surface area contributed by atoms with Crippen molar-refractivity contribution in [2.24, 2.45) is 7.05 Å². The molecular weight excluding hydrogens is 465 g/mol. The van der Waals surface area contributed by atoms with Gasteiger partial charge in [0.15, 0.2) is 5.69 Å². The molecule has 4 rings (SSSR count). The fourth-order valence-corrected chi connectivity index (χ4v) is 3.00. The highest BCUT2D eigenvalue weighted by Crippen LogP contribution is 2.36. The molecule has 1 amide bonds. The van der Waals surface area contributed by atoms with Crippen LogP contribution in [0.1, 0.15) is 16.1 Å². The molecule has 0 bridgehead atoms. The Morgan fingerprint density at radius 1 is 1.06 bits per heavy atom. The summed E-state index contributed by atoms with van der Waals surface area (Å²) in [6.45, 7) is 0. The molecule has 0 unspecified atom stereocenters. The van der Waals surface area contributed by atoms with Crippen molar-refractivity contribution in [1.82, 2.24) is 19.7 Å². The second-order valence-corrected chi connectivity index (χ2v) is 6.90. The summed E-state index contributed by atoms with van der Waals surface area (Å²) in [5.41, 5.74) is -2.74. The minimum atomic E-state index is -4.84. The molecule has 1 aromatic carbocycles. The number of carbonyl (C=O) groups is 1. The number of carbonyl (C=O) groups excluding carboxylic acids is 1. The maximum absolute atomic E-state index is 13.8. The van der Waals surface area contributed by atoms with Crippen LogP contribution in [0.2, 0.25) is 0 Å². The number of aryl methyl sites for hydroxylation is 1. The number of amides is 1. The fraction of sp³-hybridized carbons (Fsp3) is 0.0952. The number of aromatic nitrogens is 4. The van der Waals surface area contributed by atoms with E-state index in [1.807, 2.05) is 0 Å². The van der Waals surface area contributed by atoms with Crippen LogP contribution in [0.25, 0.3) is 22.7 Å². The number of benzene rings is 1. The van der Waals surface area contributed by atoms with Crippen molar-refractivity contribution in [3.05, 3.63) is 82.2 Å². The van der Waals surface area contributed by atoms with E-state index in [-0.39, 0.29) is 22.8 Å². The van der Waals surface area contributed by atoms with Crippen molar-refractivity contribution < 1.29 is 31.2 Å². The number of rotatable bonds is 4. The lowest BCUT2D eigenvalue weighted by Crippen LogP contribution is -2.16. The highest BCUT2D eigenvalue weighted by Gasteiger charge is 2.36. The van der Waals surface area contributed by atoms with Crippen LogP contribution in [0.5, 0.6) is 0 Å². The van der Waals surface area contributed by atoms with E-state index in [0.717, 1.165) is 47.4 Å². The van der Waals surface area contributed by atoms with E-state index in [9.17, 15) is 31.5 Å². The number of anilines is 1. The quantitative estimate of drug-likeness (QED) is 0.445. The summed E-state index contributed by atoms with van der Waals surface area (Å²) in [7, 11) is 1.30. The van der Waals surface area contributed by atoms with Gasteiger partial charge in [0, 0.05) is 18.8 Å². The normalized spacial score (nSPS) is 11.5. The first-order valence-electron chi connectivity index (χ1n) is 9.38. The molecule has 4 aromatic rings. The Morgan fingerprint density at radius 2 is 1.76 bits per heavy atom. The summed E-state index contributed by atoms with van der Waals surface area (Å²) < 4.78 is 73.9. The van der Waals surface area contributed by atoms with Gasteiger partial charge in [0.2, 0.25) is 0 Å². The van der Waals surface area contributed by atoms with Crippen LogP contribution in [0.3, 0.4) is 0 Å². The lowest BCUT2D eigenvalue weighted by molar-refractivity contribution is -0.140. The van der Waals surface area contributed by atoms with E-state index < -0.39 is 46.3 Å². The molecule has 0 aliphatic rings. The molecule has 0 saturated heterocycles. The third kappa shape index (κ3) is 4.40. The Bertz CT molecular complexity index is 1420. The SMILES string of the molecule is Cn1nc(-c2cnc(C(F)(F)F)c(-c3ccc(NC(=O)c4c(F)cccc4F)cn3)c2)oc1=O. The third-order valence-electron chi connectivity index (χ3n) is 4.58. The number of halogens is 5. The average Bonchev–Trinajstić information content (AvgIpc) is 3.11. The maximum Gasteiger partial charge on any atom is 0.437 e. The first-order valence-corrected chi connectivity index (χ1v) is 9.38. The summed E-state index contributed by atoms with van der Waals surface area (Å²) in [6.07, 6.45) is -2.97. The maximum atomic E-state index is 13.8. The molecule has 0 atom stereocenters. The van der Waals surface area contributed by atoms with Gasteiger partial charge in [0.05, 0.1) is 23.1 Å². The largest absolute Gasteiger partial charge is 0.437 e. The van der Waals surface area contributed by atoms with Gasteiger partial charge in [0.1, 0.15) is 17.2 Å². The summed E-state index contributed by atoms with van der Waals surface area (Å²) >= 11 is 0. The smallest absolute Gasteiger partial charge is 0.388 e. The summed E-state index contributed by atoms with van der Waals surface area (Å²) in [4.78, 5) is 31.1. The molecule has 13 heteroatoms. The van der Waals surface area contributed by atoms with E-state index in [4.69, 9.17) is 4.42 Å². The van der Waals surface area contributed by atoms with Crippen LogP contribution in [0.15, 0.2) is 58.0 Å². The predicted octanol–water partition coefficient (Wildman–Crippen LogP) is 4.05. The van der Waals surface area contributed by atoms with Crippen LogP contribution in [-0.2, 0) is 13.2 Å². The summed E-state index contributed by atoms with van der Waals surface area (Å²) in [5.74, 6) is -4.33. The highest BCUT2D eigenvalue weighted by molar-refractivity contribution is 6.04. The number of nitrogens with one attached hydrogen (secondary N) is 1. The van der Waals surface area contributed by atoms with Gasteiger partial charge in [-0.15, -0.1) is 5.10 Å². The summed E-state index contributed by atoms with van der Waals surface area (Å²) in [5, 5.41) is 6.01. The van der Waals surface area contributed by atoms with Crippen LogP contribution >= 0.6 is 0 Å². The number of pyridine rings is 2. The Kier molecular flexibility index (Phi) is 5.69. The number of alkyl halides is 3. The van der Waals surface area contributed by atoms with E-state index in [2.05, 4.69) is 20.4 Å². The Labute approximate surface area is 186 Å². The van der Waals surface area contributed by atoms with Crippen molar-refractivity contribution in [2.75, 3.05) is 5.32 Å². The second kappa shape index (κ2) is 8.50. The monoisotopic (exact) mass is 477 g/mol. The second-order valence-electron chi connectivity index (χ2n) is 6.90. The number of hydrogen-bond donors (Lipinski definition) is 1. The lowest BCUT2D eigenvalue weighted by atomic mass is 10.1. The van der Waals surface area contributed by atoms with Crippen molar-refractivity contribution in [3.8, 4) is 22.7 Å². The molecule has 0 fully saturated rings.